The second-order valence-electron chi connectivity index (χ2n) is 6.04. The Bertz CT molecular complexity index is 758. The van der Waals surface area contributed by atoms with E-state index in [1.807, 2.05) is 55.5 Å². The summed E-state index contributed by atoms with van der Waals surface area (Å²) in [5, 5.41) is 2.89. The summed E-state index contributed by atoms with van der Waals surface area (Å²) in [6.07, 6.45) is 1.51. The normalized spacial score (nSPS) is 10.3. The molecule has 2 rings (SSSR count). The molecule has 0 saturated carbocycles. The van der Waals surface area contributed by atoms with Crippen LogP contribution < -0.4 is 15.0 Å². The molecule has 0 atom stereocenters. The Morgan fingerprint density at radius 3 is 2.58 bits per heavy atom. The highest BCUT2D eigenvalue weighted by Gasteiger charge is 2.17. The number of amides is 2. The quantitative estimate of drug-likeness (QED) is 0.793. The number of carbonyl (C=O) groups is 2. The number of benzene rings is 2. The van der Waals surface area contributed by atoms with Crippen LogP contribution >= 0.6 is 0 Å². The van der Waals surface area contributed by atoms with Gasteiger partial charge in [0.15, 0.2) is 0 Å². The molecule has 0 fully saturated rings. The fourth-order valence-electron chi connectivity index (χ4n) is 2.81. The van der Waals surface area contributed by atoms with E-state index in [1.165, 1.54) is 11.8 Å². The first-order valence-electron chi connectivity index (χ1n) is 8.80. The molecule has 5 nitrogen and oxygen atoms in total. The summed E-state index contributed by atoms with van der Waals surface area (Å²) in [4.78, 5) is 25.9. The largest absolute Gasteiger partial charge is 0.497 e. The van der Waals surface area contributed by atoms with Gasteiger partial charge in [-0.1, -0.05) is 37.3 Å². The molecule has 0 unspecified atom stereocenters. The minimum atomic E-state index is -0.172. The number of nitrogens with zero attached hydrogens (tertiary/aromatic N) is 1. The van der Waals surface area contributed by atoms with Crippen LogP contribution in [0.15, 0.2) is 48.5 Å². The van der Waals surface area contributed by atoms with Gasteiger partial charge in [-0.3, -0.25) is 9.59 Å². The summed E-state index contributed by atoms with van der Waals surface area (Å²) < 4.78 is 5.20. The number of hydrogen-bond donors (Lipinski definition) is 1. The van der Waals surface area contributed by atoms with Gasteiger partial charge in [0.2, 0.25) is 11.8 Å². The average Bonchev–Trinajstić information content (AvgIpc) is 2.66. The topological polar surface area (TPSA) is 58.6 Å². The summed E-state index contributed by atoms with van der Waals surface area (Å²) in [5.74, 6) is 0.482. The summed E-state index contributed by atoms with van der Waals surface area (Å²) in [6, 6.07) is 15.4. The van der Waals surface area contributed by atoms with Crippen molar-refractivity contribution >= 4 is 17.5 Å². The number of ether oxygens (including phenoxy) is 1. The minimum absolute atomic E-state index is 0.0183. The second-order valence-corrected chi connectivity index (χ2v) is 6.04. The van der Waals surface area contributed by atoms with Crippen LogP contribution in [0.3, 0.4) is 0 Å². The van der Waals surface area contributed by atoms with Gasteiger partial charge in [0, 0.05) is 19.2 Å². The molecule has 1 N–H and O–H groups in total. The van der Waals surface area contributed by atoms with Gasteiger partial charge in [0.25, 0.3) is 0 Å². The number of para-hydroxylation sites is 1. The monoisotopic (exact) mass is 354 g/mol. The molecule has 0 aliphatic carbocycles. The van der Waals surface area contributed by atoms with Crippen molar-refractivity contribution in [3.8, 4) is 5.75 Å². The molecule has 0 heterocycles. The van der Waals surface area contributed by atoms with Crippen LogP contribution in [0.25, 0.3) is 0 Å². The van der Waals surface area contributed by atoms with Crippen LogP contribution in [0.2, 0.25) is 0 Å². The van der Waals surface area contributed by atoms with Gasteiger partial charge < -0.3 is 15.0 Å². The summed E-state index contributed by atoms with van der Waals surface area (Å²) in [7, 11) is 1.63. The maximum atomic E-state index is 12.3. The molecule has 0 bridgehead atoms. The van der Waals surface area contributed by atoms with E-state index in [1.54, 1.807) is 7.11 Å². The molecule has 0 radical (unpaired) electrons. The van der Waals surface area contributed by atoms with Crippen LogP contribution in [0, 0.1) is 0 Å². The van der Waals surface area contributed by atoms with Gasteiger partial charge in [0.05, 0.1) is 7.11 Å². The number of rotatable bonds is 8. The predicted molar refractivity (Wildman–Crippen MR) is 104 cm³/mol. The zero-order chi connectivity index (χ0) is 18.9. The molecule has 26 heavy (non-hydrogen) atoms. The van der Waals surface area contributed by atoms with Gasteiger partial charge >= 0.3 is 0 Å². The molecule has 5 heteroatoms. The molecule has 0 aromatic heterocycles. The number of methoxy groups -OCH3 is 1. The van der Waals surface area contributed by atoms with Crippen molar-refractivity contribution in [3.63, 3.8) is 0 Å². The van der Waals surface area contributed by atoms with Crippen LogP contribution in [0.4, 0.5) is 5.69 Å². The van der Waals surface area contributed by atoms with Crippen molar-refractivity contribution in [1.82, 2.24) is 5.32 Å². The van der Waals surface area contributed by atoms with E-state index in [0.29, 0.717) is 13.0 Å². The zero-order valence-corrected chi connectivity index (χ0v) is 15.6. The van der Waals surface area contributed by atoms with Crippen molar-refractivity contribution in [3.05, 3.63) is 59.7 Å². The third-order valence-electron chi connectivity index (χ3n) is 4.22. The van der Waals surface area contributed by atoms with Gasteiger partial charge in [-0.05, 0) is 42.2 Å². The van der Waals surface area contributed by atoms with Gasteiger partial charge in [-0.2, -0.15) is 0 Å². The van der Waals surface area contributed by atoms with E-state index in [-0.39, 0.29) is 18.4 Å². The first-order valence-corrected chi connectivity index (χ1v) is 8.80. The SMILES string of the molecule is CCc1ccccc1N(CC(=O)NCCc1cccc(OC)c1)C(C)=O. The highest BCUT2D eigenvalue weighted by atomic mass is 16.5. The van der Waals surface area contributed by atoms with Crippen LogP contribution in [-0.4, -0.2) is 32.0 Å². The first kappa shape index (κ1) is 19.5. The molecule has 0 aliphatic heterocycles. The van der Waals surface area contributed by atoms with Crippen LogP contribution in [-0.2, 0) is 22.4 Å². The maximum Gasteiger partial charge on any atom is 0.240 e. The molecule has 2 amide bonds. The van der Waals surface area contributed by atoms with E-state index >= 15 is 0 Å². The number of hydrogen-bond acceptors (Lipinski definition) is 3. The van der Waals surface area contributed by atoms with Crippen molar-refractivity contribution in [2.24, 2.45) is 0 Å². The van der Waals surface area contributed by atoms with E-state index in [0.717, 1.165) is 29.0 Å². The average molecular weight is 354 g/mol. The molecular weight excluding hydrogens is 328 g/mol. The van der Waals surface area contributed by atoms with Gasteiger partial charge in [-0.25, -0.2) is 0 Å². The molecule has 2 aromatic carbocycles. The number of aryl methyl sites for hydroxylation is 1. The lowest BCUT2D eigenvalue weighted by atomic mass is 10.1. The maximum absolute atomic E-state index is 12.3. The Kier molecular flexibility index (Phi) is 7.21. The van der Waals surface area contributed by atoms with Gasteiger partial charge in [-0.15, -0.1) is 0 Å². The van der Waals surface area contributed by atoms with Crippen molar-refractivity contribution in [2.45, 2.75) is 26.7 Å². The highest BCUT2D eigenvalue weighted by Crippen LogP contribution is 2.21. The Morgan fingerprint density at radius 2 is 1.88 bits per heavy atom. The fraction of sp³-hybridized carbons (Fsp3) is 0.333. The molecule has 2 aromatic rings. The first-order chi connectivity index (χ1) is 12.5. The Hall–Kier alpha value is -2.82. The smallest absolute Gasteiger partial charge is 0.240 e. The molecular formula is C21H26N2O3. The lowest BCUT2D eigenvalue weighted by Gasteiger charge is -2.23. The third kappa shape index (κ3) is 5.34. The highest BCUT2D eigenvalue weighted by molar-refractivity contribution is 5.98. The van der Waals surface area contributed by atoms with E-state index < -0.39 is 0 Å². The fourth-order valence-corrected chi connectivity index (χ4v) is 2.81. The molecule has 138 valence electrons. The molecule has 0 saturated heterocycles. The third-order valence-corrected chi connectivity index (χ3v) is 4.22. The molecule has 0 spiro atoms. The van der Waals surface area contributed by atoms with Gasteiger partial charge in [0.1, 0.15) is 12.3 Å². The van der Waals surface area contributed by atoms with Crippen LogP contribution in [0.1, 0.15) is 25.0 Å². The van der Waals surface area contributed by atoms with E-state index in [4.69, 9.17) is 4.74 Å². The minimum Gasteiger partial charge on any atom is -0.497 e. The molecule has 0 aliphatic rings. The van der Waals surface area contributed by atoms with Crippen molar-refractivity contribution in [2.75, 3.05) is 25.1 Å². The summed E-state index contributed by atoms with van der Waals surface area (Å²) in [5.41, 5.74) is 2.93. The lowest BCUT2D eigenvalue weighted by molar-refractivity contribution is -0.123. The van der Waals surface area contributed by atoms with Crippen molar-refractivity contribution < 1.29 is 14.3 Å². The van der Waals surface area contributed by atoms with Crippen molar-refractivity contribution in [1.29, 1.82) is 0 Å². The number of anilines is 1. The van der Waals surface area contributed by atoms with E-state index in [2.05, 4.69) is 5.32 Å². The predicted octanol–water partition coefficient (Wildman–Crippen LogP) is 2.97. The lowest BCUT2D eigenvalue weighted by Crippen LogP contribution is -2.40. The Morgan fingerprint density at radius 1 is 1.12 bits per heavy atom. The Labute approximate surface area is 155 Å². The number of nitrogens with one attached hydrogen (secondary N) is 1. The summed E-state index contributed by atoms with van der Waals surface area (Å²) in [6.45, 7) is 4.04. The Balaban J connectivity index is 1.94. The van der Waals surface area contributed by atoms with E-state index in [9.17, 15) is 9.59 Å². The zero-order valence-electron chi connectivity index (χ0n) is 15.6. The standard InChI is InChI=1S/C21H26N2O3/c1-4-18-9-5-6-11-20(18)23(16(2)24)15-21(25)22-13-12-17-8-7-10-19(14-17)26-3/h5-11,14H,4,12-13,15H2,1-3H3,(H,22,25). The summed E-state index contributed by atoms with van der Waals surface area (Å²) >= 11 is 0. The second kappa shape index (κ2) is 9.61. The van der Waals surface area contributed by atoms with Crippen LogP contribution in [0.5, 0.6) is 5.75 Å². The number of carbonyl (C=O) groups excluding carboxylic acids is 2.